The average molecular weight is 1050 g/mol. The molecule has 0 fully saturated rings. The number of aliphatic hydroxyl groups excluding tert-OH is 1. The van der Waals surface area contributed by atoms with Gasteiger partial charge in [-0.2, -0.15) is 0 Å². The highest BCUT2D eigenvalue weighted by molar-refractivity contribution is 6.00. The number of amides is 10. The molecule has 0 saturated carbocycles. The van der Waals surface area contributed by atoms with E-state index in [1.807, 2.05) is 0 Å². The van der Waals surface area contributed by atoms with Crippen LogP contribution in [-0.2, 0) is 64.0 Å². The number of hydrogen-bond acceptors (Lipinski definition) is 14. The van der Waals surface area contributed by atoms with Crippen LogP contribution in [0.4, 0.5) is 0 Å². The number of phenols is 1. The monoisotopic (exact) mass is 1050 g/mol. The third kappa shape index (κ3) is 22.2. The molecule has 1 aromatic rings. The van der Waals surface area contributed by atoms with E-state index in [0.29, 0.717) is 5.56 Å². The molecule has 414 valence electrons. The summed E-state index contributed by atoms with van der Waals surface area (Å²) in [6.45, 7) is 16.5. The summed E-state index contributed by atoms with van der Waals surface area (Å²) in [5.74, 6) is -14.9. The second-order valence-electron chi connectivity index (χ2n) is 19.3. The van der Waals surface area contributed by atoms with Crippen LogP contribution in [0.25, 0.3) is 0 Å². The van der Waals surface area contributed by atoms with Crippen molar-refractivity contribution in [3.63, 3.8) is 0 Å². The predicted molar refractivity (Wildman–Crippen MR) is 265 cm³/mol. The van der Waals surface area contributed by atoms with E-state index >= 15 is 0 Å². The van der Waals surface area contributed by atoms with Gasteiger partial charge in [0, 0.05) is 13.3 Å². The first-order valence-corrected chi connectivity index (χ1v) is 24.2. The second kappa shape index (κ2) is 30.6. The molecule has 26 nitrogen and oxygen atoms in total. The van der Waals surface area contributed by atoms with E-state index in [-0.39, 0.29) is 30.9 Å². The number of aliphatic hydroxyl groups is 1. The summed E-state index contributed by atoms with van der Waals surface area (Å²) in [5, 5.41) is 61.0. The van der Waals surface area contributed by atoms with Crippen LogP contribution >= 0.6 is 0 Å². The average Bonchev–Trinajstić information content (AvgIpc) is 3.28. The van der Waals surface area contributed by atoms with E-state index in [9.17, 15) is 78.0 Å². The molecule has 0 aliphatic heterocycles. The van der Waals surface area contributed by atoms with Gasteiger partial charge in [-0.3, -0.25) is 52.7 Å². The predicted octanol–water partition coefficient (Wildman–Crippen LogP) is -2.44. The quantitative estimate of drug-likeness (QED) is 0.0367. The van der Waals surface area contributed by atoms with Crippen molar-refractivity contribution in [2.75, 3.05) is 0 Å². The van der Waals surface area contributed by atoms with Gasteiger partial charge in [0.25, 0.3) is 0 Å². The molecular weight excluding hydrogens is 973 g/mol. The Morgan fingerprint density at radius 2 is 0.932 bits per heavy atom. The topological polar surface area (TPSA) is 420 Å². The number of carboxylic acids is 2. The molecule has 0 radical (unpaired) electrons. The maximum Gasteiger partial charge on any atom is 0.326 e. The molecule has 0 aliphatic carbocycles. The molecule has 10 amide bonds. The molecule has 74 heavy (non-hydrogen) atoms. The zero-order valence-electron chi connectivity index (χ0n) is 43.7. The fourth-order valence-electron chi connectivity index (χ4n) is 7.18. The lowest BCUT2D eigenvalue weighted by Crippen LogP contribution is -2.63. The molecule has 0 spiro atoms. The van der Waals surface area contributed by atoms with Crippen molar-refractivity contribution in [3.8, 4) is 5.75 Å². The third-order valence-electron chi connectivity index (χ3n) is 11.5. The number of rotatable bonds is 31. The molecule has 1 aromatic carbocycles. The zero-order chi connectivity index (χ0) is 56.9. The van der Waals surface area contributed by atoms with Crippen molar-refractivity contribution in [3.05, 3.63) is 29.8 Å². The fourth-order valence-corrected chi connectivity index (χ4v) is 7.18. The first kappa shape index (κ1) is 64.6. The standard InChI is InChI=1S/C48H76N10O16/c1-12-24(8)38(46(71)53-31(19-34(49)62)42(67)52-32(20-35(63)64)43(68)54-33(48(73)74)17-21(2)3)57-44(69)37(23(6)7)56-47(72)39(26(10)59)58-45(70)36(22(4)5)55-40(65)25(9)50-41(66)30(51-27(11)60)18-28-13-15-29(61)16-14-28/h13-16,21-26,30-33,36-39,59,61H,12,17-20H2,1-11H3,(H2,49,62)(H,50,66)(H,51,60)(H,52,67)(H,53,71)(H,54,68)(H,55,65)(H,56,72)(H,57,69)(H,58,70)(H,63,64)(H,73,74)/t24-,25+,26-,30+,31+,32+,33+,36+,37+,38+,39+/m1/s1. The van der Waals surface area contributed by atoms with Gasteiger partial charge < -0.3 is 74.0 Å². The van der Waals surface area contributed by atoms with Crippen LogP contribution in [0.3, 0.4) is 0 Å². The first-order valence-electron chi connectivity index (χ1n) is 24.2. The number of phenolic OH excluding ortho intramolecular Hbond substituents is 1. The van der Waals surface area contributed by atoms with E-state index in [2.05, 4.69) is 47.9 Å². The Morgan fingerprint density at radius 1 is 0.514 bits per heavy atom. The van der Waals surface area contributed by atoms with Gasteiger partial charge in [-0.25, -0.2) is 4.79 Å². The van der Waals surface area contributed by atoms with Crippen LogP contribution in [0.15, 0.2) is 24.3 Å². The Kier molecular flexibility index (Phi) is 26.7. The Morgan fingerprint density at radius 3 is 1.36 bits per heavy atom. The molecule has 0 heterocycles. The minimum Gasteiger partial charge on any atom is -0.508 e. The normalized spacial score (nSPS) is 15.7. The van der Waals surface area contributed by atoms with E-state index in [0.717, 1.165) is 0 Å². The number of aliphatic carboxylic acids is 2. The molecule has 26 heteroatoms. The van der Waals surface area contributed by atoms with Gasteiger partial charge in [0.15, 0.2) is 0 Å². The Labute approximate surface area is 429 Å². The molecule has 15 N–H and O–H groups in total. The van der Waals surface area contributed by atoms with Crippen molar-refractivity contribution in [1.29, 1.82) is 0 Å². The van der Waals surface area contributed by atoms with Crippen molar-refractivity contribution in [2.24, 2.45) is 29.4 Å². The highest BCUT2D eigenvalue weighted by atomic mass is 16.4. The van der Waals surface area contributed by atoms with Crippen LogP contribution in [0, 0.1) is 23.7 Å². The molecular formula is C48H76N10O16. The van der Waals surface area contributed by atoms with E-state index < -0.39 is 162 Å². The van der Waals surface area contributed by atoms with Crippen LogP contribution in [0.2, 0.25) is 0 Å². The number of carbonyl (C=O) groups is 12. The Bertz CT molecular complexity index is 2170. The van der Waals surface area contributed by atoms with Crippen molar-refractivity contribution >= 4 is 71.0 Å². The van der Waals surface area contributed by atoms with Gasteiger partial charge in [-0.05, 0) is 61.6 Å². The fraction of sp³-hybridized carbons (Fsp3) is 0.625. The van der Waals surface area contributed by atoms with Crippen LogP contribution in [-0.4, -0.2) is 152 Å². The largest absolute Gasteiger partial charge is 0.508 e. The summed E-state index contributed by atoms with van der Waals surface area (Å²) in [6, 6.07) is -7.67. The molecule has 0 saturated heterocycles. The first-order chi connectivity index (χ1) is 34.3. The summed E-state index contributed by atoms with van der Waals surface area (Å²) in [5.41, 5.74) is 5.96. The van der Waals surface area contributed by atoms with Crippen LogP contribution in [0.5, 0.6) is 5.75 Å². The maximum atomic E-state index is 14.0. The number of aromatic hydroxyl groups is 1. The van der Waals surface area contributed by atoms with Gasteiger partial charge in [0.2, 0.25) is 59.1 Å². The summed E-state index contributed by atoms with van der Waals surface area (Å²) >= 11 is 0. The summed E-state index contributed by atoms with van der Waals surface area (Å²) in [6.07, 6.45) is -3.29. The second-order valence-corrected chi connectivity index (χ2v) is 19.3. The van der Waals surface area contributed by atoms with E-state index in [1.165, 1.54) is 46.8 Å². The SMILES string of the molecule is CC[C@@H](C)[C@H](NC(=O)[C@@H](NC(=O)[C@@H](NC(=O)[C@@H](NC(=O)[C@H](C)NC(=O)[C@H](Cc1ccc(O)cc1)NC(C)=O)C(C)C)[C@@H](C)O)C(C)C)C(=O)N[C@@H](CC(N)=O)C(=O)N[C@@H](CC(=O)O)C(=O)N[C@@H](CC(C)C)C(=O)O. The molecule has 1 rings (SSSR count). The molecule has 0 unspecified atom stereocenters. The van der Waals surface area contributed by atoms with Gasteiger partial charge in [-0.1, -0.05) is 73.9 Å². The smallest absolute Gasteiger partial charge is 0.326 e. The number of carbonyl (C=O) groups excluding carboxylic acids is 10. The van der Waals surface area contributed by atoms with Crippen LogP contribution < -0.4 is 53.6 Å². The number of hydrogen-bond donors (Lipinski definition) is 14. The maximum absolute atomic E-state index is 14.0. The minimum atomic E-state index is -1.88. The number of nitrogens with one attached hydrogen (secondary N) is 9. The van der Waals surface area contributed by atoms with Crippen molar-refractivity contribution in [1.82, 2.24) is 47.9 Å². The van der Waals surface area contributed by atoms with Crippen LogP contribution in [0.1, 0.15) is 107 Å². The Balaban J connectivity index is 3.30. The lowest BCUT2D eigenvalue weighted by atomic mass is 9.95. The number of benzene rings is 1. The molecule has 11 atom stereocenters. The number of nitrogens with two attached hydrogens (primary N) is 1. The highest BCUT2D eigenvalue weighted by Gasteiger charge is 2.38. The van der Waals surface area contributed by atoms with E-state index in [1.54, 1.807) is 53.7 Å². The Hall–Kier alpha value is -7.38. The van der Waals surface area contributed by atoms with Gasteiger partial charge in [-0.15, -0.1) is 0 Å². The zero-order valence-corrected chi connectivity index (χ0v) is 43.7. The summed E-state index contributed by atoms with van der Waals surface area (Å²) < 4.78 is 0. The number of primary amides is 1. The van der Waals surface area contributed by atoms with E-state index in [4.69, 9.17) is 5.73 Å². The molecule has 0 aromatic heterocycles. The van der Waals surface area contributed by atoms with Gasteiger partial charge >= 0.3 is 11.9 Å². The van der Waals surface area contributed by atoms with Gasteiger partial charge in [0.1, 0.15) is 60.1 Å². The van der Waals surface area contributed by atoms with Crippen molar-refractivity contribution in [2.45, 2.75) is 169 Å². The summed E-state index contributed by atoms with van der Waals surface area (Å²) in [7, 11) is 0. The summed E-state index contributed by atoms with van der Waals surface area (Å²) in [4.78, 5) is 156. The molecule has 0 bridgehead atoms. The lowest BCUT2D eigenvalue weighted by Gasteiger charge is -2.31. The highest BCUT2D eigenvalue weighted by Crippen LogP contribution is 2.15. The minimum absolute atomic E-state index is 0.00834. The van der Waals surface area contributed by atoms with Gasteiger partial charge in [0.05, 0.1) is 18.9 Å². The lowest BCUT2D eigenvalue weighted by molar-refractivity contribution is -0.144. The number of carboxylic acid groups (broad SMARTS) is 2. The van der Waals surface area contributed by atoms with Crippen molar-refractivity contribution < 1.29 is 78.0 Å². The third-order valence-corrected chi connectivity index (χ3v) is 11.5. The molecule has 0 aliphatic rings.